The number of hydrogen-bond acceptors (Lipinski definition) is 2. The summed E-state index contributed by atoms with van der Waals surface area (Å²) in [6.45, 7) is 2.83. The van der Waals surface area contributed by atoms with Crippen LogP contribution in [0.1, 0.15) is 16.8 Å². The highest BCUT2D eigenvalue weighted by Gasteiger charge is 2.18. The van der Waals surface area contributed by atoms with Gasteiger partial charge in [0.25, 0.3) is 0 Å². The summed E-state index contributed by atoms with van der Waals surface area (Å²) in [5, 5.41) is 8.46. The Balaban J connectivity index is 1.20. The molecule has 1 aliphatic rings. The molecule has 228 valence electrons. The third-order valence-electron chi connectivity index (χ3n) is 9.51. The standard InChI is InChI=1S/C45H33N3/c1-30-15-22-43(47-27-30)38-25-37(28-46-29-38)35-17-20-41-42-21-18-36-24-34(33-12-8-11-32(23-33)31-9-4-2-5-10-31)16-19-40(36)45(42)48(44(41)26-35)39-13-6-3-7-14-39/h2-28,46H,29H2,1H3. The second-order valence-corrected chi connectivity index (χ2v) is 12.6. The van der Waals surface area contributed by atoms with Crippen LogP contribution in [-0.2, 0) is 0 Å². The van der Waals surface area contributed by atoms with E-state index in [2.05, 4.69) is 175 Å². The van der Waals surface area contributed by atoms with Crippen molar-refractivity contribution in [2.24, 2.45) is 0 Å². The molecule has 3 heteroatoms. The molecular formula is C45H33N3. The molecule has 1 N–H and O–H groups in total. The van der Waals surface area contributed by atoms with Crippen LogP contribution in [0.5, 0.6) is 0 Å². The predicted molar refractivity (Wildman–Crippen MR) is 202 cm³/mol. The second kappa shape index (κ2) is 11.6. The van der Waals surface area contributed by atoms with E-state index in [1.165, 1.54) is 71.5 Å². The van der Waals surface area contributed by atoms with Crippen molar-refractivity contribution in [1.82, 2.24) is 14.9 Å². The summed E-state index contributed by atoms with van der Waals surface area (Å²) in [5.41, 5.74) is 14.1. The lowest BCUT2D eigenvalue weighted by molar-refractivity contribution is 0.981. The van der Waals surface area contributed by atoms with Gasteiger partial charge in [0.2, 0.25) is 0 Å². The molecule has 2 aromatic heterocycles. The number of aryl methyl sites for hydroxylation is 1. The Morgan fingerprint density at radius 1 is 0.583 bits per heavy atom. The highest BCUT2D eigenvalue weighted by atomic mass is 15.0. The van der Waals surface area contributed by atoms with E-state index < -0.39 is 0 Å². The van der Waals surface area contributed by atoms with Gasteiger partial charge in [0.05, 0.1) is 16.7 Å². The second-order valence-electron chi connectivity index (χ2n) is 12.6. The molecule has 0 fully saturated rings. The number of aromatic nitrogens is 2. The van der Waals surface area contributed by atoms with Crippen molar-refractivity contribution in [2.75, 3.05) is 6.54 Å². The van der Waals surface area contributed by atoms with E-state index in [1.54, 1.807) is 0 Å². The number of hydrogen-bond donors (Lipinski definition) is 1. The van der Waals surface area contributed by atoms with Gasteiger partial charge in [0.1, 0.15) is 0 Å². The molecule has 48 heavy (non-hydrogen) atoms. The van der Waals surface area contributed by atoms with E-state index in [1.807, 2.05) is 6.20 Å². The molecule has 0 bridgehead atoms. The zero-order valence-electron chi connectivity index (χ0n) is 26.7. The van der Waals surface area contributed by atoms with Crippen LogP contribution in [0.15, 0.2) is 164 Å². The first-order valence-corrected chi connectivity index (χ1v) is 16.5. The molecule has 0 saturated carbocycles. The zero-order valence-corrected chi connectivity index (χ0v) is 26.7. The first kappa shape index (κ1) is 28.1. The number of nitrogens with zero attached hydrogens (tertiary/aromatic N) is 2. The lowest BCUT2D eigenvalue weighted by atomic mass is 9.96. The van der Waals surface area contributed by atoms with Crippen LogP contribution in [0.2, 0.25) is 0 Å². The molecule has 0 radical (unpaired) electrons. The van der Waals surface area contributed by atoms with E-state index in [0.29, 0.717) is 0 Å². The monoisotopic (exact) mass is 615 g/mol. The van der Waals surface area contributed by atoms with Crippen molar-refractivity contribution in [3.8, 4) is 27.9 Å². The fraction of sp³-hybridized carbons (Fsp3) is 0.0444. The van der Waals surface area contributed by atoms with Crippen LogP contribution in [-0.4, -0.2) is 16.1 Å². The van der Waals surface area contributed by atoms with Gasteiger partial charge in [-0.25, -0.2) is 0 Å². The molecule has 3 nitrogen and oxygen atoms in total. The SMILES string of the molecule is Cc1ccc(C2=CC(c3ccc4c5ccc6cc(-c7cccc(-c8ccccc8)c7)ccc6c5n(-c5ccccc5)c4c3)=CNC2)nc1. The summed E-state index contributed by atoms with van der Waals surface area (Å²) >= 11 is 0. The smallest absolute Gasteiger partial charge is 0.0679 e. The Morgan fingerprint density at radius 3 is 2.10 bits per heavy atom. The predicted octanol–water partition coefficient (Wildman–Crippen LogP) is 11.0. The van der Waals surface area contributed by atoms with Crippen LogP contribution < -0.4 is 5.32 Å². The van der Waals surface area contributed by atoms with Gasteiger partial charge in [0, 0.05) is 40.8 Å². The number of fused-ring (bicyclic) bond motifs is 5. The summed E-state index contributed by atoms with van der Waals surface area (Å²) in [6, 6.07) is 52.8. The van der Waals surface area contributed by atoms with Crippen molar-refractivity contribution >= 4 is 43.7 Å². The molecule has 6 aromatic carbocycles. The van der Waals surface area contributed by atoms with Gasteiger partial charge < -0.3 is 9.88 Å². The van der Waals surface area contributed by atoms with Crippen molar-refractivity contribution in [3.63, 3.8) is 0 Å². The molecule has 9 rings (SSSR count). The van der Waals surface area contributed by atoms with Gasteiger partial charge in [-0.1, -0.05) is 109 Å². The van der Waals surface area contributed by atoms with E-state index in [4.69, 9.17) is 4.98 Å². The number of dihydropyridines is 1. The minimum atomic E-state index is 0.761. The largest absolute Gasteiger partial charge is 0.386 e. The maximum Gasteiger partial charge on any atom is 0.0679 e. The highest BCUT2D eigenvalue weighted by Crippen LogP contribution is 2.39. The minimum absolute atomic E-state index is 0.761. The first-order chi connectivity index (χ1) is 23.7. The maximum absolute atomic E-state index is 4.70. The minimum Gasteiger partial charge on any atom is -0.386 e. The van der Waals surface area contributed by atoms with E-state index >= 15 is 0 Å². The van der Waals surface area contributed by atoms with Gasteiger partial charge in [-0.15, -0.1) is 0 Å². The summed E-state index contributed by atoms with van der Waals surface area (Å²) in [5.74, 6) is 0. The van der Waals surface area contributed by atoms with Gasteiger partial charge in [-0.3, -0.25) is 4.98 Å². The number of allylic oxidation sites excluding steroid dienone is 2. The number of benzene rings is 6. The number of rotatable bonds is 5. The molecule has 0 unspecified atom stereocenters. The topological polar surface area (TPSA) is 29.9 Å². The molecular weight excluding hydrogens is 583 g/mol. The molecule has 3 heterocycles. The van der Waals surface area contributed by atoms with Gasteiger partial charge in [-0.05, 0) is 99.3 Å². The molecule has 0 atom stereocenters. The fourth-order valence-electron chi connectivity index (χ4n) is 7.09. The van der Waals surface area contributed by atoms with E-state index in [0.717, 1.165) is 23.5 Å². The lowest BCUT2D eigenvalue weighted by Crippen LogP contribution is -2.14. The van der Waals surface area contributed by atoms with Crippen LogP contribution >= 0.6 is 0 Å². The van der Waals surface area contributed by atoms with Crippen LogP contribution in [0.4, 0.5) is 0 Å². The molecule has 0 aliphatic carbocycles. The van der Waals surface area contributed by atoms with Crippen molar-refractivity contribution in [3.05, 3.63) is 181 Å². The van der Waals surface area contributed by atoms with Crippen LogP contribution in [0.3, 0.4) is 0 Å². The third-order valence-corrected chi connectivity index (χ3v) is 9.51. The number of para-hydroxylation sites is 1. The zero-order chi connectivity index (χ0) is 32.0. The van der Waals surface area contributed by atoms with Crippen LogP contribution in [0.25, 0.3) is 71.7 Å². The normalized spacial score (nSPS) is 13.0. The Kier molecular flexibility index (Phi) is 6.76. The third kappa shape index (κ3) is 4.88. The molecule has 8 aromatic rings. The molecule has 0 spiro atoms. The van der Waals surface area contributed by atoms with Crippen molar-refractivity contribution < 1.29 is 0 Å². The maximum atomic E-state index is 4.70. The first-order valence-electron chi connectivity index (χ1n) is 16.5. The van der Waals surface area contributed by atoms with Crippen LogP contribution in [0, 0.1) is 6.92 Å². The van der Waals surface area contributed by atoms with Crippen molar-refractivity contribution in [1.29, 1.82) is 0 Å². The van der Waals surface area contributed by atoms with Gasteiger partial charge in [-0.2, -0.15) is 0 Å². The summed E-state index contributed by atoms with van der Waals surface area (Å²) in [4.78, 5) is 4.70. The number of pyridine rings is 1. The Hall–Kier alpha value is -6.19. The average molecular weight is 616 g/mol. The summed E-state index contributed by atoms with van der Waals surface area (Å²) in [7, 11) is 0. The lowest BCUT2D eigenvalue weighted by Gasteiger charge is -2.16. The molecule has 0 saturated heterocycles. The Labute approximate surface area is 280 Å². The highest BCUT2D eigenvalue weighted by molar-refractivity contribution is 6.19. The van der Waals surface area contributed by atoms with Crippen molar-refractivity contribution in [2.45, 2.75) is 6.92 Å². The fourth-order valence-corrected chi connectivity index (χ4v) is 7.09. The Bertz CT molecular complexity index is 2540. The van der Waals surface area contributed by atoms with Gasteiger partial charge >= 0.3 is 0 Å². The van der Waals surface area contributed by atoms with E-state index in [-0.39, 0.29) is 0 Å². The summed E-state index contributed by atoms with van der Waals surface area (Å²) in [6.07, 6.45) is 6.33. The van der Waals surface area contributed by atoms with E-state index in [9.17, 15) is 0 Å². The quantitative estimate of drug-likeness (QED) is 0.209. The van der Waals surface area contributed by atoms with Gasteiger partial charge in [0.15, 0.2) is 0 Å². The molecule has 0 amide bonds. The molecule has 1 aliphatic heterocycles. The number of nitrogens with one attached hydrogen (secondary N) is 1. The summed E-state index contributed by atoms with van der Waals surface area (Å²) < 4.78 is 2.44. The Morgan fingerprint density at radius 2 is 1.29 bits per heavy atom. The average Bonchev–Trinajstić information content (AvgIpc) is 3.50.